The topological polar surface area (TPSA) is 116 Å². The first-order chi connectivity index (χ1) is 13.0. The quantitative estimate of drug-likeness (QED) is 0.474. The SMILES string of the molecule is C=C1C(=O)[C@]23[C@H](O)[C@H]1CC[C@H]2[C@@]12C(OC)O[C@@]3(O)[C@@H](O)[C@@H]1C(C)(C)CC[C@H]2O. The second kappa shape index (κ2) is 5.25. The summed E-state index contributed by atoms with van der Waals surface area (Å²) in [5, 5.41) is 45.9. The fourth-order valence-electron chi connectivity index (χ4n) is 8.19. The zero-order valence-corrected chi connectivity index (χ0v) is 16.6. The fraction of sp³-hybridized carbons (Fsp3) is 0.857. The van der Waals surface area contributed by atoms with Crippen molar-refractivity contribution in [3.63, 3.8) is 0 Å². The summed E-state index contributed by atoms with van der Waals surface area (Å²) < 4.78 is 11.6. The molecule has 0 amide bonds. The van der Waals surface area contributed by atoms with Crippen molar-refractivity contribution in [1.82, 2.24) is 0 Å². The Labute approximate surface area is 164 Å². The molecule has 6 fully saturated rings. The number of aliphatic hydroxyl groups is 4. The van der Waals surface area contributed by atoms with Crippen LogP contribution in [-0.4, -0.2) is 63.7 Å². The second-order valence-corrected chi connectivity index (χ2v) is 10.3. The van der Waals surface area contributed by atoms with Crippen LogP contribution in [0.1, 0.15) is 39.5 Å². The lowest BCUT2D eigenvalue weighted by molar-refractivity contribution is -0.509. The molecule has 6 rings (SSSR count). The number of hydrogen-bond acceptors (Lipinski definition) is 7. The van der Waals surface area contributed by atoms with E-state index in [1.165, 1.54) is 7.11 Å². The predicted octanol–water partition coefficient (Wildman–Crippen LogP) is 0.348. The molecule has 156 valence electrons. The van der Waals surface area contributed by atoms with E-state index in [2.05, 4.69) is 6.58 Å². The van der Waals surface area contributed by atoms with Crippen LogP contribution in [0.15, 0.2) is 12.2 Å². The van der Waals surface area contributed by atoms with Crippen molar-refractivity contribution < 1.29 is 34.7 Å². The number of carbonyl (C=O) groups is 1. The lowest BCUT2D eigenvalue weighted by Gasteiger charge is -2.76. The van der Waals surface area contributed by atoms with Gasteiger partial charge in [0.05, 0.1) is 17.6 Å². The summed E-state index contributed by atoms with van der Waals surface area (Å²) in [6.07, 6.45) is -2.32. The smallest absolute Gasteiger partial charge is 0.211 e. The van der Waals surface area contributed by atoms with Gasteiger partial charge < -0.3 is 29.9 Å². The van der Waals surface area contributed by atoms with Gasteiger partial charge in [0.1, 0.15) is 11.5 Å². The van der Waals surface area contributed by atoms with E-state index >= 15 is 0 Å². The molecule has 10 atom stereocenters. The number of hydrogen-bond donors (Lipinski definition) is 4. The summed E-state index contributed by atoms with van der Waals surface area (Å²) in [7, 11) is 1.45. The first-order valence-corrected chi connectivity index (χ1v) is 10.2. The summed E-state index contributed by atoms with van der Waals surface area (Å²) in [5.41, 5.74) is -2.98. The molecule has 2 heterocycles. The van der Waals surface area contributed by atoms with Crippen LogP contribution in [0.2, 0.25) is 0 Å². The molecule has 4 bridgehead atoms. The zero-order chi connectivity index (χ0) is 20.4. The van der Waals surface area contributed by atoms with Crippen LogP contribution in [-0.2, 0) is 14.3 Å². The molecule has 28 heavy (non-hydrogen) atoms. The molecule has 1 unspecified atom stereocenters. The Kier molecular flexibility index (Phi) is 3.59. The number of methoxy groups -OCH3 is 1. The van der Waals surface area contributed by atoms with Crippen molar-refractivity contribution >= 4 is 5.78 Å². The molecule has 0 aromatic heterocycles. The molecular formula is C21H30O7. The van der Waals surface area contributed by atoms with Gasteiger partial charge in [-0.3, -0.25) is 4.79 Å². The maximum absolute atomic E-state index is 13.5. The van der Waals surface area contributed by atoms with Gasteiger partial charge in [-0.05, 0) is 42.6 Å². The van der Waals surface area contributed by atoms with E-state index in [1.807, 2.05) is 13.8 Å². The van der Waals surface area contributed by atoms with E-state index in [-0.39, 0.29) is 5.57 Å². The third kappa shape index (κ3) is 1.59. The van der Waals surface area contributed by atoms with E-state index in [4.69, 9.17) is 9.47 Å². The number of carbonyl (C=O) groups excluding carboxylic acids is 1. The molecule has 0 aromatic carbocycles. The van der Waals surface area contributed by atoms with Crippen LogP contribution in [0.4, 0.5) is 0 Å². The summed E-state index contributed by atoms with van der Waals surface area (Å²) in [6, 6.07) is 0. The van der Waals surface area contributed by atoms with Crippen molar-refractivity contribution in [1.29, 1.82) is 0 Å². The zero-order valence-electron chi connectivity index (χ0n) is 16.6. The highest BCUT2D eigenvalue weighted by atomic mass is 16.8. The molecule has 0 radical (unpaired) electrons. The normalized spacial score (nSPS) is 59.2. The Balaban J connectivity index is 1.85. The Morgan fingerprint density at radius 3 is 2.46 bits per heavy atom. The Hall–Kier alpha value is -0.830. The Bertz CT molecular complexity index is 764. The third-order valence-electron chi connectivity index (χ3n) is 9.12. The average Bonchev–Trinajstić information content (AvgIpc) is 2.75. The summed E-state index contributed by atoms with van der Waals surface area (Å²) in [6.45, 7) is 7.91. The lowest BCUT2D eigenvalue weighted by Crippen LogP contribution is -2.87. The minimum atomic E-state index is -2.30. The first-order valence-electron chi connectivity index (χ1n) is 10.2. The average molecular weight is 394 g/mol. The van der Waals surface area contributed by atoms with Crippen molar-refractivity contribution in [3.8, 4) is 0 Å². The molecule has 4 N–H and O–H groups in total. The van der Waals surface area contributed by atoms with Gasteiger partial charge in [-0.2, -0.15) is 0 Å². The van der Waals surface area contributed by atoms with Crippen LogP contribution in [0.5, 0.6) is 0 Å². The Morgan fingerprint density at radius 2 is 1.82 bits per heavy atom. The largest absolute Gasteiger partial charge is 0.392 e. The van der Waals surface area contributed by atoms with E-state index in [1.54, 1.807) is 0 Å². The fourth-order valence-corrected chi connectivity index (χ4v) is 8.19. The van der Waals surface area contributed by atoms with Crippen LogP contribution >= 0.6 is 0 Å². The number of ether oxygens (including phenoxy) is 2. The van der Waals surface area contributed by atoms with Gasteiger partial charge in [-0.15, -0.1) is 0 Å². The summed E-state index contributed by atoms with van der Waals surface area (Å²) in [4.78, 5) is 13.5. The second-order valence-electron chi connectivity index (χ2n) is 10.3. The van der Waals surface area contributed by atoms with Gasteiger partial charge in [0.2, 0.25) is 5.79 Å². The maximum atomic E-state index is 13.5. The third-order valence-corrected chi connectivity index (χ3v) is 9.12. The van der Waals surface area contributed by atoms with E-state index in [0.29, 0.717) is 25.7 Å². The predicted molar refractivity (Wildman–Crippen MR) is 96.6 cm³/mol. The molecule has 2 spiro atoms. The standard InChI is InChI=1S/C21H30O7/c1-9-10-5-6-11-19-12(22)7-8-18(2,3)13(19)16(25)21(26,28-17(19)27-4)20(11,14(9)23)15(10)24/h10-13,15-17,22,24-26H,1,5-8H2,2-4H3/t10-,11-,12+,13+,15+,16-,17?,19-,20-,21-/m0/s1. The molecule has 4 saturated carbocycles. The van der Waals surface area contributed by atoms with Crippen LogP contribution in [0.3, 0.4) is 0 Å². The van der Waals surface area contributed by atoms with Crippen molar-refractivity contribution in [2.75, 3.05) is 7.11 Å². The van der Waals surface area contributed by atoms with E-state index in [0.717, 1.165) is 0 Å². The van der Waals surface area contributed by atoms with Crippen LogP contribution in [0, 0.1) is 34.0 Å². The molecule has 0 aromatic rings. The molecule has 2 aliphatic heterocycles. The molecule has 7 nitrogen and oxygen atoms in total. The van der Waals surface area contributed by atoms with Gasteiger partial charge >= 0.3 is 0 Å². The minimum absolute atomic E-state index is 0.276. The van der Waals surface area contributed by atoms with E-state index in [9.17, 15) is 25.2 Å². The van der Waals surface area contributed by atoms with Gasteiger partial charge in [-0.1, -0.05) is 20.4 Å². The highest BCUT2D eigenvalue weighted by Crippen LogP contribution is 2.77. The number of Topliss-reactive ketones (excluding diaryl/α,β-unsaturated/α-hetero) is 1. The van der Waals surface area contributed by atoms with Crippen molar-refractivity contribution in [2.24, 2.45) is 34.0 Å². The Morgan fingerprint density at radius 1 is 1.14 bits per heavy atom. The number of ketones is 1. The summed E-state index contributed by atoms with van der Waals surface area (Å²) in [5.74, 6) is -4.34. The molecule has 4 aliphatic carbocycles. The van der Waals surface area contributed by atoms with Gasteiger partial charge in [0, 0.05) is 18.9 Å². The van der Waals surface area contributed by atoms with E-state index < -0.39 is 70.2 Å². The van der Waals surface area contributed by atoms with Gasteiger partial charge in [0.25, 0.3) is 0 Å². The van der Waals surface area contributed by atoms with Crippen LogP contribution < -0.4 is 0 Å². The molecular weight excluding hydrogens is 364 g/mol. The molecule has 2 saturated heterocycles. The number of rotatable bonds is 1. The van der Waals surface area contributed by atoms with Crippen molar-refractivity contribution in [2.45, 2.75) is 69.9 Å². The number of fused-ring (bicyclic) bond motifs is 2. The van der Waals surface area contributed by atoms with Gasteiger partial charge in [-0.25, -0.2) is 0 Å². The highest BCUT2D eigenvalue weighted by molar-refractivity contribution is 6.05. The van der Waals surface area contributed by atoms with Crippen molar-refractivity contribution in [3.05, 3.63) is 12.2 Å². The highest BCUT2D eigenvalue weighted by Gasteiger charge is 2.89. The lowest BCUT2D eigenvalue weighted by atomic mass is 9.35. The summed E-state index contributed by atoms with van der Waals surface area (Å²) >= 11 is 0. The van der Waals surface area contributed by atoms with Gasteiger partial charge in [0.15, 0.2) is 12.1 Å². The molecule has 6 aliphatic rings. The maximum Gasteiger partial charge on any atom is 0.211 e. The first kappa shape index (κ1) is 19.2. The minimum Gasteiger partial charge on any atom is -0.392 e. The number of aliphatic hydroxyl groups excluding tert-OH is 3. The van der Waals surface area contributed by atoms with Crippen LogP contribution in [0.25, 0.3) is 0 Å². The monoisotopic (exact) mass is 394 g/mol. The molecule has 7 heteroatoms.